The maximum atomic E-state index is 12.7. The van der Waals surface area contributed by atoms with Gasteiger partial charge in [-0.3, -0.25) is 19.5 Å². The molecule has 1 aliphatic heterocycles. The molecule has 4 rings (SSSR count). The molecule has 0 N–H and O–H groups in total. The van der Waals surface area contributed by atoms with Crippen molar-refractivity contribution in [3.05, 3.63) is 60.5 Å². The van der Waals surface area contributed by atoms with Crippen molar-refractivity contribution < 1.29 is 19.2 Å². The van der Waals surface area contributed by atoms with Gasteiger partial charge in [0, 0.05) is 30.7 Å². The molecule has 9 nitrogen and oxygen atoms in total. The number of nitrogens with zero attached hydrogens (tertiary/aromatic N) is 3. The van der Waals surface area contributed by atoms with E-state index in [4.69, 9.17) is 9.47 Å². The summed E-state index contributed by atoms with van der Waals surface area (Å²) in [5, 5.41) is 11.4. The van der Waals surface area contributed by atoms with Gasteiger partial charge in [-0.1, -0.05) is 0 Å². The summed E-state index contributed by atoms with van der Waals surface area (Å²) in [5.41, 5.74) is 0.670. The van der Waals surface area contributed by atoms with Crippen LogP contribution in [0.1, 0.15) is 33.0 Å². The van der Waals surface area contributed by atoms with Crippen LogP contribution in [0.15, 0.2) is 23.0 Å². The van der Waals surface area contributed by atoms with Crippen LogP contribution in [0, 0.1) is 17.0 Å². The zero-order chi connectivity index (χ0) is 20.7. The molecule has 29 heavy (non-hydrogen) atoms. The molecule has 1 aromatic carbocycles. The Kier molecular flexibility index (Phi) is 4.79. The van der Waals surface area contributed by atoms with Gasteiger partial charge in [-0.05, 0) is 25.0 Å². The molecule has 3 aromatic rings. The molecule has 0 unspecified atom stereocenters. The number of ether oxygens (including phenoxy) is 2. The minimum atomic E-state index is -0.608. The number of aromatic nitrogens is 2. The normalized spacial score (nSPS) is 12.8. The van der Waals surface area contributed by atoms with Crippen LogP contribution in [0.5, 0.6) is 5.75 Å². The van der Waals surface area contributed by atoms with Crippen LogP contribution in [0.4, 0.5) is 5.69 Å². The van der Waals surface area contributed by atoms with Crippen LogP contribution in [0.25, 0.3) is 10.2 Å². The topological polar surface area (TPSA) is 114 Å². The first-order chi connectivity index (χ1) is 13.9. The lowest BCUT2D eigenvalue weighted by Gasteiger charge is -2.09. The molecule has 150 valence electrons. The first-order valence-electron chi connectivity index (χ1n) is 8.92. The third-order valence-corrected chi connectivity index (χ3v) is 6.10. The molecular formula is C19H17N3O6S. The van der Waals surface area contributed by atoms with Crippen molar-refractivity contribution in [3.8, 4) is 5.75 Å². The van der Waals surface area contributed by atoms with Gasteiger partial charge in [-0.2, -0.15) is 0 Å². The molecule has 2 aromatic heterocycles. The fourth-order valence-electron chi connectivity index (χ4n) is 3.47. The molecule has 0 aliphatic carbocycles. The van der Waals surface area contributed by atoms with E-state index in [1.54, 1.807) is 11.5 Å². The number of benzene rings is 1. The SMILES string of the molecule is COc1ccc([N+](=O)[O-])cc1COC(=O)c1sc2nc3n(c(=O)c2c1C)CCC3. The predicted octanol–water partition coefficient (Wildman–Crippen LogP) is 2.99. The van der Waals surface area contributed by atoms with Gasteiger partial charge in [-0.15, -0.1) is 11.3 Å². The highest BCUT2D eigenvalue weighted by molar-refractivity contribution is 7.20. The van der Waals surface area contributed by atoms with Crippen molar-refractivity contribution in [3.63, 3.8) is 0 Å². The Hall–Kier alpha value is -3.27. The number of aryl methyl sites for hydroxylation is 2. The molecule has 3 heterocycles. The molecule has 0 fully saturated rings. The van der Waals surface area contributed by atoms with E-state index in [2.05, 4.69) is 4.98 Å². The Balaban J connectivity index is 1.63. The van der Waals surface area contributed by atoms with E-state index in [0.29, 0.717) is 38.5 Å². The second-order valence-corrected chi connectivity index (χ2v) is 7.65. The number of carbonyl (C=O) groups excluding carboxylic acids is 1. The second kappa shape index (κ2) is 7.28. The maximum Gasteiger partial charge on any atom is 0.349 e. The van der Waals surface area contributed by atoms with E-state index >= 15 is 0 Å². The Morgan fingerprint density at radius 2 is 2.21 bits per heavy atom. The number of carbonyl (C=O) groups is 1. The average molecular weight is 415 g/mol. The second-order valence-electron chi connectivity index (χ2n) is 6.65. The van der Waals surface area contributed by atoms with Gasteiger partial charge in [-0.25, -0.2) is 9.78 Å². The lowest BCUT2D eigenvalue weighted by molar-refractivity contribution is -0.385. The third kappa shape index (κ3) is 3.25. The summed E-state index contributed by atoms with van der Waals surface area (Å²) in [6, 6.07) is 4.08. The quantitative estimate of drug-likeness (QED) is 0.357. The molecular weight excluding hydrogens is 398 g/mol. The van der Waals surface area contributed by atoms with E-state index in [0.717, 1.165) is 30.0 Å². The largest absolute Gasteiger partial charge is 0.496 e. The van der Waals surface area contributed by atoms with Gasteiger partial charge in [0.05, 0.1) is 17.4 Å². The van der Waals surface area contributed by atoms with Crippen LogP contribution in [0.3, 0.4) is 0 Å². The highest BCUT2D eigenvalue weighted by atomic mass is 32.1. The highest BCUT2D eigenvalue weighted by Crippen LogP contribution is 2.30. The molecule has 10 heteroatoms. The minimum Gasteiger partial charge on any atom is -0.496 e. The fraction of sp³-hybridized carbons (Fsp3) is 0.316. The number of rotatable bonds is 5. The van der Waals surface area contributed by atoms with Crippen LogP contribution in [0.2, 0.25) is 0 Å². The van der Waals surface area contributed by atoms with Crippen molar-refractivity contribution >= 4 is 33.2 Å². The highest BCUT2D eigenvalue weighted by Gasteiger charge is 2.24. The summed E-state index contributed by atoms with van der Waals surface area (Å²) in [6.07, 6.45) is 1.63. The Labute approximate surface area is 168 Å². The summed E-state index contributed by atoms with van der Waals surface area (Å²) in [7, 11) is 1.43. The van der Waals surface area contributed by atoms with E-state index < -0.39 is 10.9 Å². The summed E-state index contributed by atoms with van der Waals surface area (Å²) in [5.74, 6) is 0.515. The standard InChI is InChI=1S/C19H17N3O6S/c1-10-15-17(20-14-4-3-7-21(14)18(15)23)29-16(10)19(24)28-9-11-8-12(22(25)26)5-6-13(11)27-2/h5-6,8H,3-4,7,9H2,1-2H3. The summed E-state index contributed by atoms with van der Waals surface area (Å²) >= 11 is 1.13. The number of non-ortho nitro benzene ring substituents is 1. The predicted molar refractivity (Wildman–Crippen MR) is 106 cm³/mol. The molecule has 0 saturated heterocycles. The van der Waals surface area contributed by atoms with Crippen molar-refractivity contribution in [2.24, 2.45) is 0 Å². The number of hydrogen-bond acceptors (Lipinski definition) is 8. The smallest absolute Gasteiger partial charge is 0.349 e. The molecule has 0 radical (unpaired) electrons. The number of fused-ring (bicyclic) bond motifs is 2. The molecule has 0 atom stereocenters. The number of nitro groups is 1. The zero-order valence-corrected chi connectivity index (χ0v) is 16.6. The average Bonchev–Trinajstić information content (AvgIpc) is 3.31. The first kappa shape index (κ1) is 19.1. The molecule has 1 aliphatic rings. The first-order valence-corrected chi connectivity index (χ1v) is 9.73. The van der Waals surface area contributed by atoms with Gasteiger partial charge >= 0.3 is 5.97 Å². The number of hydrogen-bond donors (Lipinski definition) is 0. The zero-order valence-electron chi connectivity index (χ0n) is 15.8. The van der Waals surface area contributed by atoms with Crippen LogP contribution in [-0.4, -0.2) is 27.6 Å². The van der Waals surface area contributed by atoms with E-state index in [1.807, 2.05) is 0 Å². The monoisotopic (exact) mass is 415 g/mol. The van der Waals surface area contributed by atoms with Gasteiger partial charge in [0.2, 0.25) is 0 Å². The number of nitro benzene ring substituents is 1. The van der Waals surface area contributed by atoms with Crippen LogP contribution in [-0.2, 0) is 24.3 Å². The lowest BCUT2D eigenvalue weighted by atomic mass is 10.2. The van der Waals surface area contributed by atoms with E-state index in [-0.39, 0.29) is 17.9 Å². The number of thiophene rings is 1. The van der Waals surface area contributed by atoms with Crippen molar-refractivity contribution in [2.75, 3.05) is 7.11 Å². The molecule has 0 amide bonds. The summed E-state index contributed by atoms with van der Waals surface area (Å²) in [4.78, 5) is 41.2. The van der Waals surface area contributed by atoms with Gasteiger partial charge in [0.25, 0.3) is 11.2 Å². The summed E-state index contributed by atoms with van der Waals surface area (Å²) < 4.78 is 12.2. The Morgan fingerprint density at radius 1 is 1.41 bits per heavy atom. The van der Waals surface area contributed by atoms with Crippen LogP contribution >= 0.6 is 11.3 Å². The number of methoxy groups -OCH3 is 1. The maximum absolute atomic E-state index is 12.7. The van der Waals surface area contributed by atoms with Gasteiger partial charge in [0.1, 0.15) is 27.9 Å². The Bertz CT molecular complexity index is 1210. The minimum absolute atomic E-state index is 0.123. The lowest BCUT2D eigenvalue weighted by Crippen LogP contribution is -2.20. The van der Waals surface area contributed by atoms with Crippen molar-refractivity contribution in [1.82, 2.24) is 9.55 Å². The van der Waals surface area contributed by atoms with Crippen LogP contribution < -0.4 is 10.3 Å². The van der Waals surface area contributed by atoms with Crippen molar-refractivity contribution in [1.29, 1.82) is 0 Å². The third-order valence-electron chi connectivity index (χ3n) is 4.93. The summed E-state index contributed by atoms with van der Waals surface area (Å²) in [6.45, 7) is 2.15. The van der Waals surface area contributed by atoms with Crippen molar-refractivity contribution in [2.45, 2.75) is 32.9 Å². The van der Waals surface area contributed by atoms with E-state index in [9.17, 15) is 19.7 Å². The fourth-order valence-corrected chi connectivity index (χ4v) is 4.55. The molecule has 0 saturated carbocycles. The van der Waals surface area contributed by atoms with Gasteiger partial charge < -0.3 is 9.47 Å². The van der Waals surface area contributed by atoms with E-state index in [1.165, 1.54) is 25.3 Å². The Morgan fingerprint density at radius 3 is 2.93 bits per heavy atom. The molecule has 0 spiro atoms. The molecule has 0 bridgehead atoms. The van der Waals surface area contributed by atoms with Gasteiger partial charge in [0.15, 0.2) is 0 Å². The number of esters is 1.